The molecule has 0 unspecified atom stereocenters. The summed E-state index contributed by atoms with van der Waals surface area (Å²) >= 11 is 1.07. The lowest BCUT2D eigenvalue weighted by Gasteiger charge is -2.19. The number of carbonyl (C=O) groups is 3. The molecule has 2 N–H and O–H groups in total. The molecular formula is C27H26N4O6S. The van der Waals surface area contributed by atoms with Crippen LogP contribution in [0.15, 0.2) is 69.9 Å². The Hall–Kier alpha value is -4.51. The average Bonchev–Trinajstić information content (AvgIpc) is 3.22. The Labute approximate surface area is 222 Å². The van der Waals surface area contributed by atoms with Gasteiger partial charge < -0.3 is 14.5 Å². The summed E-state index contributed by atoms with van der Waals surface area (Å²) in [7, 11) is 0. The lowest BCUT2D eigenvalue weighted by Crippen LogP contribution is -2.37. The highest BCUT2D eigenvalue weighted by molar-refractivity contribution is 7.22. The third-order valence-electron chi connectivity index (χ3n) is 5.69. The molecule has 0 aliphatic rings. The molecule has 0 radical (unpaired) electrons. The van der Waals surface area contributed by atoms with Crippen LogP contribution in [0.4, 0.5) is 14.6 Å². The van der Waals surface area contributed by atoms with Crippen molar-refractivity contribution in [2.75, 3.05) is 5.32 Å². The zero-order valence-electron chi connectivity index (χ0n) is 21.0. The molecule has 1 atom stereocenters. The van der Waals surface area contributed by atoms with Crippen LogP contribution >= 0.6 is 11.3 Å². The summed E-state index contributed by atoms with van der Waals surface area (Å²) < 4.78 is 10.6. The van der Waals surface area contributed by atoms with Gasteiger partial charge in [0.25, 0.3) is 0 Å². The van der Waals surface area contributed by atoms with Gasteiger partial charge in [0.15, 0.2) is 0 Å². The van der Waals surface area contributed by atoms with Gasteiger partial charge in [-0.15, -0.1) is 0 Å². The van der Waals surface area contributed by atoms with Crippen molar-refractivity contribution >= 4 is 44.6 Å². The third kappa shape index (κ3) is 6.24. The van der Waals surface area contributed by atoms with Crippen LogP contribution in [0.3, 0.4) is 0 Å². The molecule has 4 aromatic rings. The van der Waals surface area contributed by atoms with Crippen molar-refractivity contribution in [3.8, 4) is 0 Å². The first-order valence-corrected chi connectivity index (χ1v) is 12.6. The Morgan fingerprint density at radius 2 is 1.68 bits per heavy atom. The molecule has 2 heterocycles. The first-order valence-electron chi connectivity index (χ1n) is 11.8. The first-order chi connectivity index (χ1) is 18.2. The smallest absolute Gasteiger partial charge is 0.408 e. The van der Waals surface area contributed by atoms with E-state index in [9.17, 15) is 19.2 Å². The van der Waals surface area contributed by atoms with E-state index < -0.39 is 29.7 Å². The highest BCUT2D eigenvalue weighted by Gasteiger charge is 2.24. The van der Waals surface area contributed by atoms with E-state index in [0.29, 0.717) is 15.4 Å². The number of benzene rings is 2. The van der Waals surface area contributed by atoms with Crippen molar-refractivity contribution in [3.63, 3.8) is 0 Å². The van der Waals surface area contributed by atoms with Crippen molar-refractivity contribution in [1.82, 2.24) is 15.2 Å². The zero-order valence-corrected chi connectivity index (χ0v) is 21.8. The topological polar surface area (TPSA) is 131 Å². The van der Waals surface area contributed by atoms with E-state index in [1.54, 1.807) is 13.8 Å². The molecule has 0 fully saturated rings. The van der Waals surface area contributed by atoms with E-state index >= 15 is 0 Å². The second kappa shape index (κ2) is 11.7. The summed E-state index contributed by atoms with van der Waals surface area (Å²) in [5.74, 6) is -0.434. The SMILES string of the molecule is CC(=O)N(Cc1ccccc1)C(=O)Nc1sc2nc([C@H](C)NC(=O)OCc3ccccc3)oc(=O)c2c1C. The number of nitrogens with one attached hydrogen (secondary N) is 2. The molecule has 10 nitrogen and oxygen atoms in total. The maximum Gasteiger partial charge on any atom is 0.408 e. The van der Waals surface area contributed by atoms with Crippen LogP contribution in [0, 0.1) is 6.92 Å². The van der Waals surface area contributed by atoms with Crippen LogP contribution in [0.5, 0.6) is 0 Å². The fourth-order valence-corrected chi connectivity index (χ4v) is 4.71. The molecular weight excluding hydrogens is 508 g/mol. The minimum atomic E-state index is -0.755. The van der Waals surface area contributed by atoms with Gasteiger partial charge in [-0.05, 0) is 25.0 Å². The minimum absolute atomic E-state index is 0.00673. The fraction of sp³-hybridized carbons (Fsp3) is 0.222. The maximum atomic E-state index is 13.0. The molecule has 4 rings (SSSR count). The molecule has 2 aromatic heterocycles. The number of aryl methyl sites for hydroxylation is 1. The Morgan fingerprint density at radius 1 is 1.05 bits per heavy atom. The number of hydrogen-bond acceptors (Lipinski definition) is 8. The van der Waals surface area contributed by atoms with Gasteiger partial charge in [0.2, 0.25) is 11.8 Å². The molecule has 0 aliphatic heterocycles. The molecule has 0 saturated heterocycles. The van der Waals surface area contributed by atoms with Crippen molar-refractivity contribution in [2.45, 2.75) is 40.0 Å². The summed E-state index contributed by atoms with van der Waals surface area (Å²) in [6.45, 7) is 4.76. The van der Waals surface area contributed by atoms with E-state index in [4.69, 9.17) is 9.15 Å². The number of carbonyl (C=O) groups excluding carboxylic acids is 3. The summed E-state index contributed by atoms with van der Waals surface area (Å²) in [5.41, 5.74) is 1.44. The van der Waals surface area contributed by atoms with E-state index in [0.717, 1.165) is 27.4 Å². The van der Waals surface area contributed by atoms with Gasteiger partial charge in [-0.2, -0.15) is 0 Å². The van der Waals surface area contributed by atoms with Crippen LogP contribution in [0.25, 0.3) is 10.2 Å². The number of thiophene rings is 1. The normalized spacial score (nSPS) is 11.6. The van der Waals surface area contributed by atoms with Gasteiger partial charge in [-0.3, -0.25) is 15.0 Å². The van der Waals surface area contributed by atoms with E-state index in [2.05, 4.69) is 15.6 Å². The van der Waals surface area contributed by atoms with Gasteiger partial charge in [-0.1, -0.05) is 72.0 Å². The molecule has 0 aliphatic carbocycles. The van der Waals surface area contributed by atoms with Crippen molar-refractivity contribution in [3.05, 3.63) is 93.7 Å². The van der Waals surface area contributed by atoms with Crippen molar-refractivity contribution < 1.29 is 23.5 Å². The number of rotatable bonds is 7. The monoisotopic (exact) mass is 534 g/mol. The summed E-state index contributed by atoms with van der Waals surface area (Å²) in [6.07, 6.45) is -0.691. The number of hydrogen-bond donors (Lipinski definition) is 2. The highest BCUT2D eigenvalue weighted by atomic mass is 32.1. The number of alkyl carbamates (subject to hydrolysis) is 1. The summed E-state index contributed by atoms with van der Waals surface area (Å²) in [6, 6.07) is 17.0. The second-order valence-corrected chi connectivity index (χ2v) is 9.52. The zero-order chi connectivity index (χ0) is 27.2. The van der Waals surface area contributed by atoms with Gasteiger partial charge >= 0.3 is 17.7 Å². The number of fused-ring (bicyclic) bond motifs is 1. The van der Waals surface area contributed by atoms with Crippen LogP contribution in [-0.2, 0) is 22.7 Å². The predicted molar refractivity (Wildman–Crippen MR) is 143 cm³/mol. The number of ether oxygens (including phenoxy) is 1. The lowest BCUT2D eigenvalue weighted by atomic mass is 10.2. The van der Waals surface area contributed by atoms with Gasteiger partial charge in [0.1, 0.15) is 27.9 Å². The first kappa shape index (κ1) is 26.6. The number of imide groups is 1. The van der Waals surface area contributed by atoms with Crippen LogP contribution in [-0.4, -0.2) is 27.9 Å². The molecule has 4 amide bonds. The van der Waals surface area contributed by atoms with Crippen molar-refractivity contribution in [1.29, 1.82) is 0 Å². The predicted octanol–water partition coefficient (Wildman–Crippen LogP) is 5.13. The van der Waals surface area contributed by atoms with Gasteiger partial charge in [-0.25, -0.2) is 19.4 Å². The van der Waals surface area contributed by atoms with Crippen LogP contribution < -0.4 is 16.3 Å². The van der Waals surface area contributed by atoms with E-state index in [-0.39, 0.29) is 24.4 Å². The van der Waals surface area contributed by atoms with Crippen molar-refractivity contribution in [2.24, 2.45) is 0 Å². The van der Waals surface area contributed by atoms with Gasteiger partial charge in [0, 0.05) is 12.5 Å². The fourth-order valence-electron chi connectivity index (χ4n) is 3.65. The Kier molecular flexibility index (Phi) is 8.17. The van der Waals surface area contributed by atoms with E-state index in [1.807, 2.05) is 60.7 Å². The average molecular weight is 535 g/mol. The molecule has 0 saturated carbocycles. The van der Waals surface area contributed by atoms with Crippen LogP contribution in [0.1, 0.15) is 42.5 Å². The van der Waals surface area contributed by atoms with E-state index in [1.165, 1.54) is 6.92 Å². The quantitative estimate of drug-likeness (QED) is 0.336. The number of amides is 4. The highest BCUT2D eigenvalue weighted by Crippen LogP contribution is 2.33. The Morgan fingerprint density at radius 3 is 2.32 bits per heavy atom. The number of anilines is 1. The standard InChI is InChI=1S/C27H26N4O6S/c1-16-21-24(38-23(16)30-26(34)31(18(3)32)14-19-10-6-4-7-11-19)29-22(37-25(21)33)17(2)28-27(35)36-15-20-12-8-5-9-13-20/h4-13,17H,14-15H2,1-3H3,(H,28,35)(H,30,34)/t17-/m0/s1. The summed E-state index contributed by atoms with van der Waals surface area (Å²) in [4.78, 5) is 55.9. The number of nitrogens with zero attached hydrogens (tertiary/aromatic N) is 2. The third-order valence-corrected chi connectivity index (χ3v) is 6.79. The molecule has 38 heavy (non-hydrogen) atoms. The minimum Gasteiger partial charge on any atom is -0.445 e. The van der Waals surface area contributed by atoms with Crippen LogP contribution in [0.2, 0.25) is 0 Å². The molecule has 0 spiro atoms. The molecule has 2 aromatic carbocycles. The largest absolute Gasteiger partial charge is 0.445 e. The lowest BCUT2D eigenvalue weighted by molar-refractivity contribution is -0.126. The Balaban J connectivity index is 1.48. The molecule has 196 valence electrons. The Bertz CT molecular complexity index is 1520. The molecule has 11 heteroatoms. The summed E-state index contributed by atoms with van der Waals surface area (Å²) in [5, 5.41) is 5.89. The molecule has 0 bridgehead atoms. The number of aromatic nitrogens is 1. The second-order valence-electron chi connectivity index (χ2n) is 8.52. The number of urea groups is 1. The van der Waals surface area contributed by atoms with Gasteiger partial charge in [0.05, 0.1) is 6.54 Å². The maximum absolute atomic E-state index is 13.0.